The lowest BCUT2D eigenvalue weighted by Crippen LogP contribution is -2.35. The largest absolute Gasteiger partial charge is 0.481 e. The van der Waals surface area contributed by atoms with E-state index in [2.05, 4.69) is 16.4 Å². The number of hydrogen-bond acceptors (Lipinski definition) is 7. The van der Waals surface area contributed by atoms with E-state index >= 15 is 0 Å². The minimum absolute atomic E-state index is 0.0971. The molecule has 2 amide bonds. The number of nitrogens with zero attached hydrogens (tertiary/aromatic N) is 3. The molecule has 0 saturated heterocycles. The molecule has 4 rings (SSSR count). The van der Waals surface area contributed by atoms with E-state index in [4.69, 9.17) is 10.2 Å². The van der Waals surface area contributed by atoms with E-state index in [1.807, 2.05) is 47.4 Å². The molecule has 1 aliphatic heterocycles. The average molecular weight is 549 g/mol. The number of pyridine rings is 1. The topological polar surface area (TPSA) is 161 Å². The monoisotopic (exact) mass is 548 g/mol. The summed E-state index contributed by atoms with van der Waals surface area (Å²) in [6.45, 7) is 1.08. The number of carbonyl (C=O) groups excluding carboxylic acids is 2. The summed E-state index contributed by atoms with van der Waals surface area (Å²) >= 11 is 1.41. The number of carboxylic acid groups (broad SMARTS) is 2. The van der Waals surface area contributed by atoms with E-state index in [0.29, 0.717) is 55.8 Å². The standard InChI is InChI=1S/C25H24N4O2S.C3H4O4/c26-15-21-20-12-14-29(24(31)11-9-19-7-4-13-27-16-19)17-22(20)32-25(21)28-23(30)10-8-18-5-2-1-3-6-18;4-2(5)1-3(6)7/h1-7,13,16H,8-12,14,17H2,(H,28,30);1H2,(H,4,5)(H,6,7). The van der Waals surface area contributed by atoms with Gasteiger partial charge < -0.3 is 20.4 Å². The zero-order valence-corrected chi connectivity index (χ0v) is 21.9. The number of amides is 2. The molecule has 2 aromatic heterocycles. The van der Waals surface area contributed by atoms with E-state index in [1.165, 1.54) is 11.3 Å². The van der Waals surface area contributed by atoms with Gasteiger partial charge in [0.2, 0.25) is 11.8 Å². The lowest BCUT2D eigenvalue weighted by Gasteiger charge is -2.27. The van der Waals surface area contributed by atoms with Crippen LogP contribution in [0.2, 0.25) is 0 Å². The highest BCUT2D eigenvalue weighted by Gasteiger charge is 2.27. The van der Waals surface area contributed by atoms with Crippen molar-refractivity contribution in [3.05, 3.63) is 82.0 Å². The number of nitrogens with one attached hydrogen (secondary N) is 1. The number of rotatable bonds is 9. The first-order valence-corrected chi connectivity index (χ1v) is 13.1. The van der Waals surface area contributed by atoms with Crippen molar-refractivity contribution in [1.82, 2.24) is 9.88 Å². The van der Waals surface area contributed by atoms with Crippen LogP contribution in [0.3, 0.4) is 0 Å². The summed E-state index contributed by atoms with van der Waals surface area (Å²) < 4.78 is 0. The van der Waals surface area contributed by atoms with E-state index in [1.54, 1.807) is 12.4 Å². The van der Waals surface area contributed by atoms with Gasteiger partial charge in [0, 0.05) is 36.7 Å². The molecule has 0 spiro atoms. The Balaban J connectivity index is 0.000000532. The zero-order chi connectivity index (χ0) is 28.2. The van der Waals surface area contributed by atoms with Gasteiger partial charge in [-0.2, -0.15) is 5.26 Å². The second-order valence-electron chi connectivity index (χ2n) is 8.74. The number of carboxylic acids is 2. The molecular weight excluding hydrogens is 520 g/mol. The molecule has 0 radical (unpaired) electrons. The van der Waals surface area contributed by atoms with Crippen molar-refractivity contribution in [2.45, 2.75) is 45.1 Å². The third-order valence-corrected chi connectivity index (χ3v) is 7.04. The van der Waals surface area contributed by atoms with Gasteiger partial charge in [-0.05, 0) is 42.0 Å². The molecular formula is C28H28N4O6S. The van der Waals surface area contributed by atoms with Gasteiger partial charge in [0.15, 0.2) is 0 Å². The Morgan fingerprint density at radius 1 is 1.00 bits per heavy atom. The fourth-order valence-corrected chi connectivity index (χ4v) is 5.23. The first-order chi connectivity index (χ1) is 18.8. The number of aromatic nitrogens is 1. The maximum absolute atomic E-state index is 12.7. The number of aryl methyl sites for hydroxylation is 2. The van der Waals surface area contributed by atoms with Crippen LogP contribution in [0.15, 0.2) is 54.9 Å². The summed E-state index contributed by atoms with van der Waals surface area (Å²) in [5.74, 6) is -2.63. The molecule has 3 heterocycles. The quantitative estimate of drug-likeness (QED) is 0.342. The molecule has 1 aliphatic rings. The van der Waals surface area contributed by atoms with Crippen LogP contribution in [-0.4, -0.2) is 50.4 Å². The molecule has 0 saturated carbocycles. The number of carbonyl (C=O) groups is 4. The third kappa shape index (κ3) is 9.05. The van der Waals surface area contributed by atoms with Gasteiger partial charge in [0.25, 0.3) is 0 Å². The fourth-order valence-electron chi connectivity index (χ4n) is 4.00. The highest BCUT2D eigenvalue weighted by Crippen LogP contribution is 2.37. The predicted molar refractivity (Wildman–Crippen MR) is 144 cm³/mol. The van der Waals surface area contributed by atoms with Crippen LogP contribution in [0.4, 0.5) is 5.00 Å². The number of nitriles is 1. The van der Waals surface area contributed by atoms with Crippen molar-refractivity contribution in [3.63, 3.8) is 0 Å². The molecule has 0 bridgehead atoms. The summed E-state index contributed by atoms with van der Waals surface area (Å²) in [6, 6.07) is 16.0. The number of benzene rings is 1. The molecule has 3 aromatic rings. The van der Waals surface area contributed by atoms with E-state index in [-0.39, 0.29) is 11.8 Å². The van der Waals surface area contributed by atoms with Crippen molar-refractivity contribution in [2.24, 2.45) is 0 Å². The van der Waals surface area contributed by atoms with Crippen LogP contribution < -0.4 is 5.32 Å². The fraction of sp³-hybridized carbons (Fsp3) is 0.286. The van der Waals surface area contributed by atoms with Crippen molar-refractivity contribution in [3.8, 4) is 6.07 Å². The maximum atomic E-state index is 12.7. The molecule has 10 nitrogen and oxygen atoms in total. The molecule has 3 N–H and O–H groups in total. The minimum atomic E-state index is -1.31. The lowest BCUT2D eigenvalue weighted by molar-refractivity contribution is -0.147. The van der Waals surface area contributed by atoms with Gasteiger partial charge in [0.05, 0.1) is 12.1 Å². The van der Waals surface area contributed by atoms with Gasteiger partial charge in [0.1, 0.15) is 17.5 Å². The average Bonchev–Trinajstić information content (AvgIpc) is 3.27. The third-order valence-electron chi connectivity index (χ3n) is 5.91. The number of hydrogen-bond donors (Lipinski definition) is 3. The van der Waals surface area contributed by atoms with Crippen LogP contribution in [-0.2, 0) is 45.0 Å². The van der Waals surface area contributed by atoms with Crippen molar-refractivity contribution >= 4 is 40.1 Å². The van der Waals surface area contributed by atoms with E-state index < -0.39 is 18.4 Å². The Hall–Kier alpha value is -4.56. The molecule has 0 fully saturated rings. The van der Waals surface area contributed by atoms with E-state index in [0.717, 1.165) is 21.6 Å². The summed E-state index contributed by atoms with van der Waals surface area (Å²) in [5.41, 5.74) is 3.66. The molecule has 11 heteroatoms. The first kappa shape index (κ1) is 29.0. The zero-order valence-electron chi connectivity index (χ0n) is 21.1. The Bertz CT molecular complexity index is 1340. The number of anilines is 1. The van der Waals surface area contributed by atoms with Gasteiger partial charge in [-0.25, -0.2) is 0 Å². The Kier molecular flexibility index (Phi) is 10.7. The summed E-state index contributed by atoms with van der Waals surface area (Å²) in [4.78, 5) is 51.0. The molecule has 202 valence electrons. The van der Waals surface area contributed by atoms with Crippen LogP contribution in [0.1, 0.15) is 46.4 Å². The van der Waals surface area contributed by atoms with Crippen molar-refractivity contribution in [2.75, 3.05) is 11.9 Å². The first-order valence-electron chi connectivity index (χ1n) is 12.3. The molecule has 1 aromatic carbocycles. The molecule has 39 heavy (non-hydrogen) atoms. The predicted octanol–water partition coefficient (Wildman–Crippen LogP) is 3.65. The summed E-state index contributed by atoms with van der Waals surface area (Å²) in [5, 5.41) is 28.6. The van der Waals surface area contributed by atoms with Crippen molar-refractivity contribution < 1.29 is 29.4 Å². The van der Waals surface area contributed by atoms with Crippen molar-refractivity contribution in [1.29, 1.82) is 5.26 Å². The Morgan fingerprint density at radius 3 is 2.31 bits per heavy atom. The number of fused-ring (bicyclic) bond motifs is 1. The molecule has 0 unspecified atom stereocenters. The minimum Gasteiger partial charge on any atom is -0.481 e. The second-order valence-corrected chi connectivity index (χ2v) is 9.85. The molecule has 0 atom stereocenters. The highest BCUT2D eigenvalue weighted by molar-refractivity contribution is 7.16. The van der Waals surface area contributed by atoms with Crippen LogP contribution in [0.25, 0.3) is 0 Å². The summed E-state index contributed by atoms with van der Waals surface area (Å²) in [7, 11) is 0. The van der Waals surface area contributed by atoms with Crippen LogP contribution in [0.5, 0.6) is 0 Å². The maximum Gasteiger partial charge on any atom is 0.314 e. The Labute approximate surface area is 229 Å². The van der Waals surface area contributed by atoms with Crippen LogP contribution in [0, 0.1) is 11.3 Å². The Morgan fingerprint density at radius 2 is 1.69 bits per heavy atom. The second kappa shape index (κ2) is 14.4. The van der Waals surface area contributed by atoms with Gasteiger partial charge in [-0.1, -0.05) is 36.4 Å². The summed E-state index contributed by atoms with van der Waals surface area (Å²) in [6.07, 6.45) is 5.43. The lowest BCUT2D eigenvalue weighted by atomic mass is 10.0. The smallest absolute Gasteiger partial charge is 0.314 e. The normalized spacial score (nSPS) is 11.8. The molecule has 0 aliphatic carbocycles. The SMILES string of the molecule is N#Cc1c(NC(=O)CCc2ccccc2)sc2c1CCN(C(=O)CCc1cccnc1)C2.O=C(O)CC(=O)O. The van der Waals surface area contributed by atoms with Crippen LogP contribution >= 0.6 is 11.3 Å². The highest BCUT2D eigenvalue weighted by atomic mass is 32.1. The van der Waals surface area contributed by atoms with Gasteiger partial charge in [-0.15, -0.1) is 11.3 Å². The number of thiophene rings is 1. The van der Waals surface area contributed by atoms with E-state index in [9.17, 15) is 24.4 Å². The van der Waals surface area contributed by atoms with Gasteiger partial charge in [-0.3, -0.25) is 24.2 Å². The number of aliphatic carboxylic acids is 2. The van der Waals surface area contributed by atoms with Gasteiger partial charge >= 0.3 is 11.9 Å².